The second-order valence-electron chi connectivity index (χ2n) is 3.13. The lowest BCUT2D eigenvalue weighted by Crippen LogP contribution is -2.41. The van der Waals surface area contributed by atoms with Gasteiger partial charge in [0.15, 0.2) is 0 Å². The lowest BCUT2D eigenvalue weighted by atomic mass is 10.1. The van der Waals surface area contributed by atoms with Crippen molar-refractivity contribution in [2.75, 3.05) is 27.2 Å². The van der Waals surface area contributed by atoms with E-state index in [-0.39, 0.29) is 0 Å². The fraction of sp³-hybridized carbons (Fsp3) is 1.00. The highest BCUT2D eigenvalue weighted by atomic mass is 35.5. The summed E-state index contributed by atoms with van der Waals surface area (Å²) < 4.78 is 1.88. The Kier molecular flexibility index (Phi) is 2.96. The van der Waals surface area contributed by atoms with Crippen LogP contribution in [0.25, 0.3) is 0 Å². The number of hydrogen-bond acceptors (Lipinski definition) is 2. The van der Waals surface area contributed by atoms with Crippen LogP contribution in [0.1, 0.15) is 12.8 Å². The van der Waals surface area contributed by atoms with Crippen molar-refractivity contribution >= 4 is 11.8 Å². The van der Waals surface area contributed by atoms with Crippen molar-refractivity contribution in [3.8, 4) is 0 Å². The number of hydrogen-bond donors (Lipinski definition) is 0. The molecule has 10 heavy (non-hydrogen) atoms. The highest BCUT2D eigenvalue weighted by Crippen LogP contribution is 2.14. The first-order valence-corrected chi connectivity index (χ1v) is 4.11. The van der Waals surface area contributed by atoms with Crippen molar-refractivity contribution in [1.82, 2.24) is 9.32 Å². The Balaban J connectivity index is 2.32. The molecule has 3 heteroatoms. The van der Waals surface area contributed by atoms with Gasteiger partial charge in [-0.2, -0.15) is 0 Å². The summed E-state index contributed by atoms with van der Waals surface area (Å²) >= 11 is 5.86. The summed E-state index contributed by atoms with van der Waals surface area (Å²) in [4.78, 5) is 2.24. The number of rotatable bonds is 1. The largest absolute Gasteiger partial charge is 0.305 e. The molecule has 0 radical (unpaired) electrons. The summed E-state index contributed by atoms with van der Waals surface area (Å²) in [6.45, 7) is 2.06. The highest BCUT2D eigenvalue weighted by Gasteiger charge is 2.19. The van der Waals surface area contributed by atoms with Gasteiger partial charge in [0.1, 0.15) is 0 Å². The van der Waals surface area contributed by atoms with Crippen LogP contribution in [0.3, 0.4) is 0 Å². The van der Waals surface area contributed by atoms with Crippen LogP contribution in [0.4, 0.5) is 0 Å². The minimum Gasteiger partial charge on any atom is -0.305 e. The summed E-state index contributed by atoms with van der Waals surface area (Å²) in [6, 6.07) is 0.659. The molecule has 1 fully saturated rings. The van der Waals surface area contributed by atoms with Crippen LogP contribution < -0.4 is 0 Å². The van der Waals surface area contributed by atoms with E-state index in [1.165, 1.54) is 12.8 Å². The maximum Gasteiger partial charge on any atom is 0.0295 e. The van der Waals surface area contributed by atoms with E-state index in [4.69, 9.17) is 11.8 Å². The molecular formula is C7H15ClN2. The Hall–Kier alpha value is 0.210. The first kappa shape index (κ1) is 8.31. The molecule has 1 rings (SSSR count). The zero-order chi connectivity index (χ0) is 7.56. The van der Waals surface area contributed by atoms with Crippen molar-refractivity contribution in [3.05, 3.63) is 0 Å². The molecular weight excluding hydrogens is 148 g/mol. The maximum atomic E-state index is 5.86. The van der Waals surface area contributed by atoms with E-state index in [1.807, 2.05) is 4.42 Å². The Bertz CT molecular complexity index is 106. The van der Waals surface area contributed by atoms with Crippen molar-refractivity contribution in [3.63, 3.8) is 0 Å². The molecule has 1 atom stereocenters. The van der Waals surface area contributed by atoms with E-state index < -0.39 is 0 Å². The number of piperidine rings is 1. The molecule has 0 aromatic rings. The van der Waals surface area contributed by atoms with Crippen molar-refractivity contribution in [2.45, 2.75) is 18.9 Å². The summed E-state index contributed by atoms with van der Waals surface area (Å²) in [5.41, 5.74) is 0. The zero-order valence-electron chi connectivity index (χ0n) is 6.68. The SMILES string of the molecule is CN(C)C1CCCN(Cl)C1. The van der Waals surface area contributed by atoms with Crippen molar-refractivity contribution in [2.24, 2.45) is 0 Å². The van der Waals surface area contributed by atoms with Gasteiger partial charge in [0.05, 0.1) is 0 Å². The van der Waals surface area contributed by atoms with Crippen molar-refractivity contribution < 1.29 is 0 Å². The second kappa shape index (κ2) is 3.56. The van der Waals surface area contributed by atoms with Crippen LogP contribution in [-0.2, 0) is 0 Å². The molecule has 0 aromatic carbocycles. The van der Waals surface area contributed by atoms with Gasteiger partial charge in [0.25, 0.3) is 0 Å². The number of likely N-dealkylation sites (N-methyl/N-ethyl adjacent to an activating group) is 1. The number of halogens is 1. The molecule has 1 aliphatic rings. The summed E-state index contributed by atoms with van der Waals surface area (Å²) in [5, 5.41) is 0. The van der Waals surface area contributed by atoms with Crippen LogP contribution in [0.15, 0.2) is 0 Å². The van der Waals surface area contributed by atoms with Crippen LogP contribution in [0.5, 0.6) is 0 Å². The van der Waals surface area contributed by atoms with Gasteiger partial charge >= 0.3 is 0 Å². The van der Waals surface area contributed by atoms with Gasteiger partial charge in [-0.05, 0) is 38.7 Å². The molecule has 0 amide bonds. The Labute approximate surface area is 67.9 Å². The molecule has 60 valence electrons. The smallest absolute Gasteiger partial charge is 0.0295 e. The summed E-state index contributed by atoms with van der Waals surface area (Å²) in [6.07, 6.45) is 2.52. The third-order valence-electron chi connectivity index (χ3n) is 2.08. The van der Waals surface area contributed by atoms with E-state index in [9.17, 15) is 0 Å². The first-order chi connectivity index (χ1) is 4.70. The molecule has 1 aliphatic heterocycles. The molecule has 0 saturated carbocycles. The predicted molar refractivity (Wildman–Crippen MR) is 44.1 cm³/mol. The molecule has 0 N–H and O–H groups in total. The fourth-order valence-corrected chi connectivity index (χ4v) is 1.61. The van der Waals surface area contributed by atoms with Crippen LogP contribution in [0, 0.1) is 0 Å². The van der Waals surface area contributed by atoms with Gasteiger partial charge in [0, 0.05) is 19.1 Å². The maximum absolute atomic E-state index is 5.86. The quantitative estimate of drug-likeness (QED) is 0.534. The minimum atomic E-state index is 0.659. The lowest BCUT2D eigenvalue weighted by Gasteiger charge is -2.32. The standard InChI is InChI=1S/C7H15ClN2/c1-9(2)7-4-3-5-10(8)6-7/h7H,3-6H2,1-2H3. The molecule has 1 saturated heterocycles. The van der Waals surface area contributed by atoms with Crippen LogP contribution in [0.2, 0.25) is 0 Å². The molecule has 0 aromatic heterocycles. The monoisotopic (exact) mass is 162 g/mol. The zero-order valence-corrected chi connectivity index (χ0v) is 7.43. The van der Waals surface area contributed by atoms with E-state index in [2.05, 4.69) is 19.0 Å². The van der Waals surface area contributed by atoms with Gasteiger partial charge in [0.2, 0.25) is 0 Å². The third-order valence-corrected chi connectivity index (χ3v) is 2.38. The highest BCUT2D eigenvalue weighted by molar-refractivity contribution is 6.13. The van der Waals surface area contributed by atoms with Crippen molar-refractivity contribution in [1.29, 1.82) is 0 Å². The van der Waals surface area contributed by atoms with E-state index in [1.54, 1.807) is 0 Å². The Morgan fingerprint density at radius 3 is 2.60 bits per heavy atom. The third kappa shape index (κ3) is 2.11. The average molecular weight is 163 g/mol. The molecule has 2 nitrogen and oxygen atoms in total. The lowest BCUT2D eigenvalue weighted by molar-refractivity contribution is 0.194. The van der Waals surface area contributed by atoms with Gasteiger partial charge in [-0.25, -0.2) is 4.42 Å². The van der Waals surface area contributed by atoms with E-state index >= 15 is 0 Å². The van der Waals surface area contributed by atoms with E-state index in [0.29, 0.717) is 6.04 Å². The minimum absolute atomic E-state index is 0.659. The van der Waals surface area contributed by atoms with Gasteiger partial charge < -0.3 is 4.90 Å². The first-order valence-electron chi connectivity index (χ1n) is 3.77. The molecule has 0 spiro atoms. The Morgan fingerprint density at radius 1 is 1.50 bits per heavy atom. The van der Waals surface area contributed by atoms with Crippen LogP contribution >= 0.6 is 11.8 Å². The molecule has 1 unspecified atom stereocenters. The topological polar surface area (TPSA) is 6.48 Å². The number of nitrogens with zero attached hydrogens (tertiary/aromatic N) is 2. The Morgan fingerprint density at radius 2 is 2.20 bits per heavy atom. The molecule has 0 bridgehead atoms. The van der Waals surface area contributed by atoms with E-state index in [0.717, 1.165) is 13.1 Å². The molecule has 0 aliphatic carbocycles. The van der Waals surface area contributed by atoms with Crippen LogP contribution in [-0.4, -0.2) is 42.5 Å². The van der Waals surface area contributed by atoms with Gasteiger partial charge in [-0.15, -0.1) is 0 Å². The molecule has 1 heterocycles. The summed E-state index contributed by atoms with van der Waals surface area (Å²) in [5.74, 6) is 0. The fourth-order valence-electron chi connectivity index (χ4n) is 1.33. The normalized spacial score (nSPS) is 29.4. The van der Waals surface area contributed by atoms with Gasteiger partial charge in [-0.1, -0.05) is 0 Å². The second-order valence-corrected chi connectivity index (χ2v) is 3.61. The van der Waals surface area contributed by atoms with Gasteiger partial charge in [-0.3, -0.25) is 0 Å². The summed E-state index contributed by atoms with van der Waals surface area (Å²) in [7, 11) is 4.22. The average Bonchev–Trinajstić information content (AvgIpc) is 1.88. The predicted octanol–water partition coefficient (Wildman–Crippen LogP) is 1.17.